The van der Waals surface area contributed by atoms with E-state index in [4.69, 9.17) is 18.9 Å². The minimum absolute atomic E-state index is 0.122. The maximum atomic E-state index is 12.8. The highest BCUT2D eigenvalue weighted by Gasteiger charge is 2.52. The number of aliphatic hydroxyl groups excluding tert-OH is 1. The van der Waals surface area contributed by atoms with Crippen molar-refractivity contribution in [3.8, 4) is 28.7 Å². The van der Waals surface area contributed by atoms with Crippen molar-refractivity contribution in [2.75, 3.05) is 14.2 Å². The summed E-state index contributed by atoms with van der Waals surface area (Å²) < 4.78 is 20.4. The van der Waals surface area contributed by atoms with Crippen LogP contribution in [0, 0.1) is 0 Å². The minimum atomic E-state index is -2.51. The Bertz CT molecular complexity index is 1230. The highest BCUT2D eigenvalue weighted by molar-refractivity contribution is 5.91. The van der Waals surface area contributed by atoms with Gasteiger partial charge in [-0.25, -0.2) is 14.4 Å². The summed E-state index contributed by atoms with van der Waals surface area (Å²) in [5.41, 5.74) is -2.37. The second-order valence-corrected chi connectivity index (χ2v) is 8.47. The molecule has 1 aliphatic rings. The lowest BCUT2D eigenvalue weighted by Gasteiger charge is -2.40. The van der Waals surface area contributed by atoms with Crippen molar-refractivity contribution in [2.45, 2.75) is 36.8 Å². The quantitative estimate of drug-likeness (QED) is 0.158. The van der Waals surface area contributed by atoms with Crippen molar-refractivity contribution in [1.82, 2.24) is 0 Å². The van der Waals surface area contributed by atoms with Crippen molar-refractivity contribution in [3.05, 3.63) is 47.5 Å². The van der Waals surface area contributed by atoms with Gasteiger partial charge in [-0.1, -0.05) is 6.07 Å². The summed E-state index contributed by atoms with van der Waals surface area (Å²) >= 11 is 0. The fourth-order valence-corrected chi connectivity index (χ4v) is 3.84. The summed E-state index contributed by atoms with van der Waals surface area (Å²) in [5, 5.41) is 59.9. The Hall–Kier alpha value is -4.49. The molecule has 1 saturated carbocycles. The van der Waals surface area contributed by atoms with Crippen LogP contribution in [0.1, 0.15) is 28.8 Å². The molecule has 0 bridgehead atoms. The molecule has 1 fully saturated rings. The average Bonchev–Trinajstić information content (AvgIpc) is 2.87. The van der Waals surface area contributed by atoms with E-state index in [0.717, 1.165) is 18.2 Å². The van der Waals surface area contributed by atoms with Crippen LogP contribution in [0.25, 0.3) is 6.08 Å². The van der Waals surface area contributed by atoms with Crippen LogP contribution in [0.5, 0.6) is 28.7 Å². The number of aliphatic carboxylic acids is 1. The van der Waals surface area contributed by atoms with Crippen LogP contribution in [0.15, 0.2) is 36.4 Å². The standard InChI is InChI=1S/C25H26O13/c1-35-16-8-13(9-17(36-2)21(16)29)23(31)38-19-11-25(34,24(32)33)10-18(22(19)30)37-20(28)6-4-12-3-5-14(26)15(27)7-12/h3-9,18-19,22,26-27,29-30,34H,10-11H2,1-2H3,(H,32,33)/t18-,19-,22+,25-/m0/s1. The van der Waals surface area contributed by atoms with Crippen LogP contribution in [0.2, 0.25) is 0 Å². The fraction of sp³-hybridized carbons (Fsp3) is 0.320. The average molecular weight is 534 g/mol. The molecule has 0 amide bonds. The zero-order chi connectivity index (χ0) is 28.2. The molecular weight excluding hydrogens is 508 g/mol. The van der Waals surface area contributed by atoms with Gasteiger partial charge in [0.1, 0.15) is 18.3 Å². The molecule has 204 valence electrons. The first kappa shape index (κ1) is 28.1. The van der Waals surface area contributed by atoms with Gasteiger partial charge in [-0.2, -0.15) is 0 Å². The molecule has 6 N–H and O–H groups in total. The number of rotatable bonds is 8. The minimum Gasteiger partial charge on any atom is -0.504 e. The van der Waals surface area contributed by atoms with Crippen molar-refractivity contribution in [1.29, 1.82) is 0 Å². The number of ether oxygens (including phenoxy) is 4. The van der Waals surface area contributed by atoms with Gasteiger partial charge in [0.2, 0.25) is 5.75 Å². The van der Waals surface area contributed by atoms with Gasteiger partial charge in [-0.15, -0.1) is 0 Å². The Balaban J connectivity index is 1.80. The topological polar surface area (TPSA) is 210 Å². The van der Waals surface area contributed by atoms with Crippen LogP contribution >= 0.6 is 0 Å². The lowest BCUT2D eigenvalue weighted by Crippen LogP contribution is -2.58. The van der Waals surface area contributed by atoms with E-state index in [1.54, 1.807) is 0 Å². The molecule has 2 aromatic rings. The maximum absolute atomic E-state index is 12.8. The van der Waals surface area contributed by atoms with Crippen molar-refractivity contribution in [3.63, 3.8) is 0 Å². The Morgan fingerprint density at radius 1 is 0.921 bits per heavy atom. The van der Waals surface area contributed by atoms with Gasteiger partial charge >= 0.3 is 17.9 Å². The number of aromatic hydroxyl groups is 3. The van der Waals surface area contributed by atoms with Crippen molar-refractivity contribution in [2.24, 2.45) is 0 Å². The predicted molar refractivity (Wildman–Crippen MR) is 127 cm³/mol. The zero-order valence-corrected chi connectivity index (χ0v) is 20.2. The molecule has 13 heteroatoms. The molecular formula is C25H26O13. The number of benzene rings is 2. The Kier molecular flexibility index (Phi) is 8.33. The number of hydrogen-bond donors (Lipinski definition) is 6. The Morgan fingerprint density at radius 2 is 1.50 bits per heavy atom. The van der Waals surface area contributed by atoms with E-state index in [2.05, 4.69) is 0 Å². The van der Waals surface area contributed by atoms with Crippen LogP contribution in [-0.2, 0) is 19.1 Å². The van der Waals surface area contributed by atoms with Crippen molar-refractivity contribution >= 4 is 24.0 Å². The van der Waals surface area contributed by atoms with Crippen LogP contribution in [-0.4, -0.2) is 86.7 Å². The van der Waals surface area contributed by atoms with Gasteiger partial charge in [-0.3, -0.25) is 0 Å². The molecule has 38 heavy (non-hydrogen) atoms. The first-order valence-electron chi connectivity index (χ1n) is 11.1. The molecule has 0 aliphatic heterocycles. The normalized spacial score (nSPS) is 23.0. The molecule has 1 aliphatic carbocycles. The van der Waals surface area contributed by atoms with Crippen LogP contribution in [0.3, 0.4) is 0 Å². The van der Waals surface area contributed by atoms with E-state index in [1.807, 2.05) is 0 Å². The molecule has 0 saturated heterocycles. The highest BCUT2D eigenvalue weighted by atomic mass is 16.6. The van der Waals surface area contributed by atoms with Gasteiger partial charge in [0.05, 0.1) is 19.8 Å². The molecule has 0 heterocycles. The number of esters is 2. The fourth-order valence-electron chi connectivity index (χ4n) is 3.84. The van der Waals surface area contributed by atoms with Gasteiger partial charge in [0.25, 0.3) is 0 Å². The van der Waals surface area contributed by atoms with Gasteiger partial charge < -0.3 is 49.6 Å². The van der Waals surface area contributed by atoms with E-state index >= 15 is 0 Å². The summed E-state index contributed by atoms with van der Waals surface area (Å²) in [6, 6.07) is 6.00. The number of carbonyl (C=O) groups excluding carboxylic acids is 2. The van der Waals surface area contributed by atoms with Crippen LogP contribution < -0.4 is 9.47 Å². The first-order chi connectivity index (χ1) is 17.9. The lowest BCUT2D eigenvalue weighted by molar-refractivity contribution is -0.196. The first-order valence-corrected chi connectivity index (χ1v) is 11.1. The maximum Gasteiger partial charge on any atom is 0.338 e. The summed E-state index contributed by atoms with van der Waals surface area (Å²) in [5.74, 6) is -5.21. The summed E-state index contributed by atoms with van der Waals surface area (Å²) in [7, 11) is 2.47. The summed E-state index contributed by atoms with van der Waals surface area (Å²) in [4.78, 5) is 36.9. The van der Waals surface area contributed by atoms with Crippen LogP contribution in [0.4, 0.5) is 0 Å². The third kappa shape index (κ3) is 6.07. The second-order valence-electron chi connectivity index (χ2n) is 8.47. The lowest BCUT2D eigenvalue weighted by atomic mass is 9.79. The molecule has 0 radical (unpaired) electrons. The predicted octanol–water partition coefficient (Wildman–Crippen LogP) is 0.942. The largest absolute Gasteiger partial charge is 0.504 e. The summed E-state index contributed by atoms with van der Waals surface area (Å²) in [6.45, 7) is 0. The number of hydrogen-bond acceptors (Lipinski definition) is 12. The smallest absolute Gasteiger partial charge is 0.338 e. The number of phenols is 3. The third-order valence-electron chi connectivity index (χ3n) is 5.89. The van der Waals surface area contributed by atoms with E-state index in [-0.39, 0.29) is 28.6 Å². The number of carboxylic acid groups (broad SMARTS) is 1. The Labute approximate surface area is 215 Å². The van der Waals surface area contributed by atoms with Gasteiger partial charge in [-0.05, 0) is 35.9 Å². The molecule has 13 nitrogen and oxygen atoms in total. The number of aliphatic hydroxyl groups is 2. The number of carboxylic acids is 1. The van der Waals surface area contributed by atoms with E-state index in [0.29, 0.717) is 5.56 Å². The number of phenolic OH excluding ortho intramolecular Hbond substituents is 3. The molecule has 4 atom stereocenters. The van der Waals surface area contributed by atoms with E-state index < -0.39 is 60.4 Å². The number of carbonyl (C=O) groups is 3. The molecule has 0 unspecified atom stereocenters. The molecule has 0 aromatic heterocycles. The SMILES string of the molecule is COc1cc(C(=O)O[C@H]2C[C@](O)(C(=O)O)C[C@H](OC(=O)C=Cc3ccc(O)c(O)c3)[C@H]2O)cc(OC)c1O. The monoisotopic (exact) mass is 534 g/mol. The second kappa shape index (κ2) is 11.3. The van der Waals surface area contributed by atoms with Crippen molar-refractivity contribution < 1.29 is 64.0 Å². The van der Waals surface area contributed by atoms with Gasteiger partial charge in [0.15, 0.2) is 28.6 Å². The Morgan fingerprint density at radius 3 is 2.03 bits per heavy atom. The molecule has 3 rings (SSSR count). The van der Waals surface area contributed by atoms with E-state index in [1.165, 1.54) is 38.5 Å². The third-order valence-corrected chi connectivity index (χ3v) is 5.89. The van der Waals surface area contributed by atoms with Gasteiger partial charge in [0, 0.05) is 18.9 Å². The summed E-state index contributed by atoms with van der Waals surface area (Å²) in [6.07, 6.45) is -4.17. The highest BCUT2D eigenvalue weighted by Crippen LogP contribution is 2.38. The molecule has 2 aromatic carbocycles. The number of methoxy groups -OCH3 is 2. The van der Waals surface area contributed by atoms with E-state index in [9.17, 15) is 45.0 Å². The molecule has 0 spiro atoms. The zero-order valence-electron chi connectivity index (χ0n) is 20.2.